The van der Waals surface area contributed by atoms with Gasteiger partial charge in [0, 0.05) is 32.5 Å². The lowest BCUT2D eigenvalue weighted by Gasteiger charge is -2.11. The molecule has 1 heterocycles. The molecule has 2 aromatic rings. The Bertz CT molecular complexity index is 450. The fourth-order valence-electron chi connectivity index (χ4n) is 1.81. The third-order valence-corrected chi connectivity index (χ3v) is 2.74. The minimum Gasteiger partial charge on any atom is -0.387 e. The van der Waals surface area contributed by atoms with Crippen LogP contribution in [0.4, 0.5) is 0 Å². The van der Waals surface area contributed by atoms with Crippen LogP contribution in [0.25, 0.3) is 0 Å². The lowest BCUT2D eigenvalue weighted by molar-refractivity contribution is 0.174. The van der Waals surface area contributed by atoms with Crippen molar-refractivity contribution >= 4 is 0 Å². The minimum absolute atomic E-state index is 0.445. The molecule has 0 saturated carbocycles. The molecule has 0 radical (unpaired) electrons. The molecule has 1 atom stereocenters. The van der Waals surface area contributed by atoms with E-state index in [0.717, 1.165) is 12.1 Å². The minimum atomic E-state index is -0.445. The Morgan fingerprint density at radius 3 is 2.65 bits per heavy atom. The van der Waals surface area contributed by atoms with Crippen molar-refractivity contribution in [3.8, 4) is 0 Å². The van der Waals surface area contributed by atoms with Crippen LogP contribution < -0.4 is 5.32 Å². The molecule has 0 aliphatic rings. The van der Waals surface area contributed by atoms with Gasteiger partial charge in [-0.1, -0.05) is 30.3 Å². The van der Waals surface area contributed by atoms with E-state index in [1.807, 2.05) is 48.1 Å². The third-order valence-electron chi connectivity index (χ3n) is 2.74. The van der Waals surface area contributed by atoms with Gasteiger partial charge in [-0.2, -0.15) is 0 Å². The molecule has 0 amide bonds. The number of hydrogen-bond donors (Lipinski definition) is 2. The van der Waals surface area contributed by atoms with Crippen LogP contribution in [-0.2, 0) is 13.6 Å². The van der Waals surface area contributed by atoms with Crippen molar-refractivity contribution in [1.29, 1.82) is 0 Å². The first-order valence-electron chi connectivity index (χ1n) is 5.80. The highest BCUT2D eigenvalue weighted by Crippen LogP contribution is 2.10. The lowest BCUT2D eigenvalue weighted by atomic mass is 10.1. The maximum atomic E-state index is 9.94. The van der Waals surface area contributed by atoms with E-state index in [2.05, 4.69) is 17.6 Å². The molecule has 1 aromatic heterocycles. The first-order valence-corrected chi connectivity index (χ1v) is 5.80. The van der Waals surface area contributed by atoms with Crippen LogP contribution in [0.15, 0.2) is 48.8 Å². The Balaban J connectivity index is 1.79. The smallest absolute Gasteiger partial charge is 0.0914 e. The Morgan fingerprint density at radius 2 is 2.00 bits per heavy atom. The number of aryl methyl sites for hydroxylation is 1. The molecule has 0 bridgehead atoms. The monoisotopic (exact) mass is 230 g/mol. The summed E-state index contributed by atoms with van der Waals surface area (Å²) in [5.41, 5.74) is 2.18. The Hall–Kier alpha value is -1.58. The van der Waals surface area contributed by atoms with Gasteiger partial charge in [0.2, 0.25) is 0 Å². The molecule has 0 aliphatic carbocycles. The van der Waals surface area contributed by atoms with Crippen molar-refractivity contribution in [1.82, 2.24) is 9.88 Å². The number of nitrogens with one attached hydrogen (secondary N) is 1. The molecule has 0 spiro atoms. The zero-order valence-electron chi connectivity index (χ0n) is 10.0. The molecule has 0 aliphatic heterocycles. The molecule has 90 valence electrons. The van der Waals surface area contributed by atoms with Crippen LogP contribution in [0.2, 0.25) is 0 Å². The van der Waals surface area contributed by atoms with E-state index in [1.165, 1.54) is 5.56 Å². The summed E-state index contributed by atoms with van der Waals surface area (Å²) < 4.78 is 2.02. The van der Waals surface area contributed by atoms with Crippen molar-refractivity contribution < 1.29 is 5.11 Å². The normalized spacial score (nSPS) is 12.6. The van der Waals surface area contributed by atoms with Crippen molar-refractivity contribution in [3.63, 3.8) is 0 Å². The number of benzene rings is 1. The molecule has 3 nitrogen and oxygen atoms in total. The molecule has 0 saturated heterocycles. The number of aromatic nitrogens is 1. The molecule has 0 fully saturated rings. The standard InChI is InChI=1S/C14H18N2O/c1-16-8-7-12(11-16)9-15-10-14(17)13-5-3-2-4-6-13/h2-8,11,14-15,17H,9-10H2,1H3. The maximum Gasteiger partial charge on any atom is 0.0914 e. The number of aliphatic hydroxyl groups is 1. The highest BCUT2D eigenvalue weighted by molar-refractivity contribution is 5.17. The van der Waals surface area contributed by atoms with E-state index in [0.29, 0.717) is 6.54 Å². The topological polar surface area (TPSA) is 37.2 Å². The Labute approximate surface area is 102 Å². The van der Waals surface area contributed by atoms with Crippen LogP contribution in [0.3, 0.4) is 0 Å². The molecule has 1 unspecified atom stereocenters. The van der Waals surface area contributed by atoms with Crippen LogP contribution in [-0.4, -0.2) is 16.2 Å². The molecule has 2 rings (SSSR count). The zero-order valence-corrected chi connectivity index (χ0v) is 10.0. The van der Waals surface area contributed by atoms with E-state index >= 15 is 0 Å². The van der Waals surface area contributed by atoms with Gasteiger partial charge >= 0.3 is 0 Å². The highest BCUT2D eigenvalue weighted by atomic mass is 16.3. The Morgan fingerprint density at radius 1 is 1.24 bits per heavy atom. The number of aliphatic hydroxyl groups excluding tert-OH is 1. The number of nitrogens with zero attached hydrogens (tertiary/aromatic N) is 1. The highest BCUT2D eigenvalue weighted by Gasteiger charge is 2.05. The van der Waals surface area contributed by atoms with Gasteiger partial charge in [0.25, 0.3) is 0 Å². The van der Waals surface area contributed by atoms with Crippen molar-refractivity contribution in [2.24, 2.45) is 7.05 Å². The van der Waals surface area contributed by atoms with Gasteiger partial charge in [-0.25, -0.2) is 0 Å². The second kappa shape index (κ2) is 5.66. The average molecular weight is 230 g/mol. The van der Waals surface area contributed by atoms with Crippen LogP contribution in [0.1, 0.15) is 17.2 Å². The van der Waals surface area contributed by atoms with E-state index in [-0.39, 0.29) is 0 Å². The predicted molar refractivity (Wildman–Crippen MR) is 68.5 cm³/mol. The summed E-state index contributed by atoms with van der Waals surface area (Å²) in [7, 11) is 2.00. The second-order valence-corrected chi connectivity index (χ2v) is 4.24. The zero-order chi connectivity index (χ0) is 12.1. The number of rotatable bonds is 5. The average Bonchev–Trinajstić information content (AvgIpc) is 2.76. The van der Waals surface area contributed by atoms with Gasteiger partial charge in [-0.05, 0) is 17.2 Å². The molecule has 2 N–H and O–H groups in total. The summed E-state index contributed by atoms with van der Waals surface area (Å²) >= 11 is 0. The van der Waals surface area contributed by atoms with Crippen molar-refractivity contribution in [2.45, 2.75) is 12.6 Å². The van der Waals surface area contributed by atoms with Crippen molar-refractivity contribution in [3.05, 3.63) is 59.9 Å². The van der Waals surface area contributed by atoms with Gasteiger partial charge in [0.05, 0.1) is 6.10 Å². The predicted octanol–water partition coefficient (Wildman–Crippen LogP) is 1.85. The third kappa shape index (κ3) is 3.44. The van der Waals surface area contributed by atoms with Crippen LogP contribution >= 0.6 is 0 Å². The Kier molecular flexibility index (Phi) is 3.96. The molecule has 17 heavy (non-hydrogen) atoms. The van der Waals surface area contributed by atoms with Crippen LogP contribution in [0, 0.1) is 0 Å². The maximum absolute atomic E-state index is 9.94. The fourth-order valence-corrected chi connectivity index (χ4v) is 1.81. The SMILES string of the molecule is Cn1ccc(CNCC(O)c2ccccc2)c1. The summed E-state index contributed by atoms with van der Waals surface area (Å²) in [5.74, 6) is 0. The van der Waals surface area contributed by atoms with Crippen LogP contribution in [0.5, 0.6) is 0 Å². The summed E-state index contributed by atoms with van der Waals surface area (Å²) in [4.78, 5) is 0. The second-order valence-electron chi connectivity index (χ2n) is 4.24. The van der Waals surface area contributed by atoms with Gasteiger partial charge in [0.15, 0.2) is 0 Å². The summed E-state index contributed by atoms with van der Waals surface area (Å²) in [6.45, 7) is 1.35. The first-order chi connectivity index (χ1) is 8.25. The first kappa shape index (κ1) is 11.9. The van der Waals surface area contributed by atoms with E-state index in [9.17, 15) is 5.11 Å². The van der Waals surface area contributed by atoms with E-state index in [1.54, 1.807) is 0 Å². The molecular weight excluding hydrogens is 212 g/mol. The van der Waals surface area contributed by atoms with Gasteiger partial charge < -0.3 is 15.0 Å². The molecular formula is C14H18N2O. The fraction of sp³-hybridized carbons (Fsp3) is 0.286. The largest absolute Gasteiger partial charge is 0.387 e. The van der Waals surface area contributed by atoms with Crippen molar-refractivity contribution in [2.75, 3.05) is 6.54 Å². The van der Waals surface area contributed by atoms with Gasteiger partial charge in [0.1, 0.15) is 0 Å². The molecule has 1 aromatic carbocycles. The summed E-state index contributed by atoms with van der Waals surface area (Å²) in [6, 6.07) is 11.8. The van der Waals surface area contributed by atoms with Gasteiger partial charge in [-0.15, -0.1) is 0 Å². The van der Waals surface area contributed by atoms with E-state index < -0.39 is 6.10 Å². The van der Waals surface area contributed by atoms with Gasteiger partial charge in [-0.3, -0.25) is 0 Å². The lowest BCUT2D eigenvalue weighted by Crippen LogP contribution is -2.20. The summed E-state index contributed by atoms with van der Waals surface area (Å²) in [5, 5.41) is 13.2. The molecule has 3 heteroatoms. The number of hydrogen-bond acceptors (Lipinski definition) is 2. The summed E-state index contributed by atoms with van der Waals surface area (Å²) in [6.07, 6.45) is 3.65. The quantitative estimate of drug-likeness (QED) is 0.822. The van der Waals surface area contributed by atoms with E-state index in [4.69, 9.17) is 0 Å².